The van der Waals surface area contributed by atoms with Gasteiger partial charge in [0.25, 0.3) is 0 Å². The number of aromatic nitrogens is 4. The van der Waals surface area contributed by atoms with Gasteiger partial charge in [-0.25, -0.2) is 4.98 Å². The second kappa shape index (κ2) is 5.05. The number of halogens is 1. The molecule has 1 aromatic carbocycles. The van der Waals surface area contributed by atoms with Crippen molar-refractivity contribution in [1.29, 1.82) is 0 Å². The molecule has 0 aliphatic heterocycles. The van der Waals surface area contributed by atoms with Crippen molar-refractivity contribution >= 4 is 22.6 Å². The average molecular weight is 275 g/mol. The zero-order valence-corrected chi connectivity index (χ0v) is 11.5. The molecule has 0 fully saturated rings. The van der Waals surface area contributed by atoms with Crippen LogP contribution in [0.3, 0.4) is 0 Å². The van der Waals surface area contributed by atoms with Gasteiger partial charge in [-0.15, -0.1) is 11.6 Å². The van der Waals surface area contributed by atoms with E-state index in [0.717, 1.165) is 29.9 Å². The first kappa shape index (κ1) is 12.2. The molecule has 1 atom stereocenters. The number of hydrogen-bond acceptors (Lipinski definition) is 2. The molecule has 3 rings (SSSR count). The maximum Gasteiger partial charge on any atom is 0.127 e. The van der Waals surface area contributed by atoms with Crippen LogP contribution in [-0.2, 0) is 13.1 Å². The summed E-state index contributed by atoms with van der Waals surface area (Å²) in [4.78, 5) is 4.61. The highest BCUT2D eigenvalue weighted by molar-refractivity contribution is 6.20. The van der Waals surface area contributed by atoms with Crippen LogP contribution < -0.4 is 0 Å². The third-order valence-corrected chi connectivity index (χ3v) is 3.35. The Morgan fingerprint density at radius 2 is 2.05 bits per heavy atom. The van der Waals surface area contributed by atoms with Gasteiger partial charge in [-0.3, -0.25) is 4.68 Å². The largest absolute Gasteiger partial charge is 0.325 e. The normalized spacial score (nSPS) is 12.9. The third-order valence-electron chi connectivity index (χ3n) is 3.15. The van der Waals surface area contributed by atoms with Gasteiger partial charge in [0.05, 0.1) is 23.0 Å². The summed E-state index contributed by atoms with van der Waals surface area (Å²) >= 11 is 6.23. The van der Waals surface area contributed by atoms with Crippen LogP contribution in [-0.4, -0.2) is 19.3 Å². The van der Waals surface area contributed by atoms with Gasteiger partial charge in [0.2, 0.25) is 0 Å². The highest BCUT2D eigenvalue weighted by Crippen LogP contribution is 2.24. The van der Waals surface area contributed by atoms with E-state index in [9.17, 15) is 0 Å². The zero-order chi connectivity index (χ0) is 13.2. The smallest absolute Gasteiger partial charge is 0.127 e. The predicted octanol–water partition coefficient (Wildman–Crippen LogP) is 3.23. The molecule has 0 N–H and O–H groups in total. The molecule has 1 unspecified atom stereocenters. The minimum Gasteiger partial charge on any atom is -0.325 e. The molecule has 4 nitrogen and oxygen atoms in total. The van der Waals surface area contributed by atoms with Crippen molar-refractivity contribution in [3.05, 3.63) is 48.5 Å². The van der Waals surface area contributed by atoms with E-state index in [4.69, 9.17) is 11.6 Å². The summed E-state index contributed by atoms with van der Waals surface area (Å²) in [5.74, 6) is 0.912. The van der Waals surface area contributed by atoms with Crippen LogP contribution >= 0.6 is 11.6 Å². The van der Waals surface area contributed by atoms with Crippen molar-refractivity contribution in [1.82, 2.24) is 19.3 Å². The van der Waals surface area contributed by atoms with Crippen LogP contribution in [0, 0.1) is 0 Å². The van der Waals surface area contributed by atoms with Crippen molar-refractivity contribution in [3.8, 4) is 0 Å². The fourth-order valence-electron chi connectivity index (χ4n) is 2.27. The molecule has 0 spiro atoms. The van der Waals surface area contributed by atoms with Crippen LogP contribution in [0.5, 0.6) is 0 Å². The summed E-state index contributed by atoms with van der Waals surface area (Å²) < 4.78 is 4.09. The first-order valence-electron chi connectivity index (χ1n) is 6.32. The Kier molecular flexibility index (Phi) is 3.25. The summed E-state index contributed by atoms with van der Waals surface area (Å²) in [5, 5.41) is 4.11. The number of alkyl halides is 1. The van der Waals surface area contributed by atoms with Crippen molar-refractivity contribution in [2.24, 2.45) is 0 Å². The van der Waals surface area contributed by atoms with E-state index in [-0.39, 0.29) is 5.38 Å². The van der Waals surface area contributed by atoms with Crippen molar-refractivity contribution in [3.63, 3.8) is 0 Å². The molecular formula is C14H15ClN4. The lowest BCUT2D eigenvalue weighted by atomic mass is 10.3. The molecule has 0 saturated heterocycles. The lowest BCUT2D eigenvalue weighted by Crippen LogP contribution is -2.11. The first-order valence-corrected chi connectivity index (χ1v) is 6.76. The van der Waals surface area contributed by atoms with E-state index in [1.54, 1.807) is 6.20 Å². The van der Waals surface area contributed by atoms with E-state index in [0.29, 0.717) is 0 Å². The van der Waals surface area contributed by atoms with Crippen LogP contribution in [0.2, 0.25) is 0 Å². The van der Waals surface area contributed by atoms with Gasteiger partial charge in [-0.2, -0.15) is 5.10 Å². The van der Waals surface area contributed by atoms with E-state index in [1.165, 1.54) is 0 Å². The number of aryl methyl sites for hydroxylation is 2. The topological polar surface area (TPSA) is 35.6 Å². The number of para-hydroxylation sites is 2. The number of fused-ring (bicyclic) bond motifs is 1. The number of hydrogen-bond donors (Lipinski definition) is 0. The highest BCUT2D eigenvalue weighted by atomic mass is 35.5. The van der Waals surface area contributed by atoms with E-state index in [2.05, 4.69) is 20.7 Å². The maximum atomic E-state index is 6.23. The van der Waals surface area contributed by atoms with Gasteiger partial charge in [0.1, 0.15) is 5.82 Å². The zero-order valence-electron chi connectivity index (χ0n) is 10.7. The number of rotatable bonds is 4. The molecule has 2 heterocycles. The van der Waals surface area contributed by atoms with Crippen LogP contribution in [0.25, 0.3) is 11.0 Å². The summed E-state index contributed by atoms with van der Waals surface area (Å²) in [7, 11) is 0. The quantitative estimate of drug-likeness (QED) is 0.685. The van der Waals surface area contributed by atoms with Crippen LogP contribution in [0.1, 0.15) is 18.1 Å². The number of imidazole rings is 1. The molecule has 0 radical (unpaired) electrons. The monoisotopic (exact) mass is 274 g/mol. The molecule has 98 valence electrons. The lowest BCUT2D eigenvalue weighted by Gasteiger charge is -2.10. The Morgan fingerprint density at radius 1 is 1.21 bits per heavy atom. The summed E-state index contributed by atoms with van der Waals surface area (Å²) in [6.45, 7) is 3.58. The molecule has 0 amide bonds. The Hall–Kier alpha value is -1.81. The minimum atomic E-state index is -0.106. The van der Waals surface area contributed by atoms with Gasteiger partial charge in [-0.1, -0.05) is 12.1 Å². The lowest BCUT2D eigenvalue weighted by molar-refractivity contribution is 0.528. The van der Waals surface area contributed by atoms with E-state index < -0.39 is 0 Å². The van der Waals surface area contributed by atoms with Gasteiger partial charge in [-0.05, 0) is 25.1 Å². The Bertz CT molecular complexity index is 670. The maximum absolute atomic E-state index is 6.23. The molecule has 5 heteroatoms. The van der Waals surface area contributed by atoms with E-state index in [1.807, 2.05) is 42.1 Å². The molecule has 0 saturated carbocycles. The molecule has 0 aliphatic rings. The van der Waals surface area contributed by atoms with Gasteiger partial charge in [0, 0.05) is 18.9 Å². The van der Waals surface area contributed by atoms with Crippen LogP contribution in [0.4, 0.5) is 0 Å². The number of benzene rings is 1. The molecule has 2 aromatic heterocycles. The Labute approximate surface area is 116 Å². The molecule has 0 bridgehead atoms. The Morgan fingerprint density at radius 3 is 2.79 bits per heavy atom. The van der Waals surface area contributed by atoms with Gasteiger partial charge < -0.3 is 4.57 Å². The first-order chi connectivity index (χ1) is 9.25. The molecule has 0 aliphatic carbocycles. The Balaban J connectivity index is 1.97. The fourth-order valence-corrected chi connectivity index (χ4v) is 2.43. The highest BCUT2D eigenvalue weighted by Gasteiger charge is 2.14. The number of nitrogens with zero attached hydrogens (tertiary/aromatic N) is 4. The summed E-state index contributed by atoms with van der Waals surface area (Å²) in [6.07, 6.45) is 3.75. The summed E-state index contributed by atoms with van der Waals surface area (Å²) in [5.41, 5.74) is 2.11. The van der Waals surface area contributed by atoms with Crippen molar-refractivity contribution < 1.29 is 0 Å². The fraction of sp³-hybridized carbons (Fsp3) is 0.286. The standard InChI is InChI=1S/C14H15ClN4/c1-11(15)14-17-12-5-2-3-6-13(12)19(14)10-9-18-8-4-7-16-18/h2-8,11H,9-10H2,1H3. The van der Waals surface area contributed by atoms with Gasteiger partial charge >= 0.3 is 0 Å². The second-order valence-electron chi connectivity index (χ2n) is 4.50. The second-order valence-corrected chi connectivity index (χ2v) is 5.15. The molecule has 3 aromatic rings. The summed E-state index contributed by atoms with van der Waals surface area (Å²) in [6, 6.07) is 10.0. The SMILES string of the molecule is CC(Cl)c1nc2ccccc2n1CCn1cccn1. The van der Waals surface area contributed by atoms with Crippen LogP contribution in [0.15, 0.2) is 42.7 Å². The average Bonchev–Trinajstić information content (AvgIpc) is 3.03. The van der Waals surface area contributed by atoms with Gasteiger partial charge in [0.15, 0.2) is 0 Å². The molecule has 19 heavy (non-hydrogen) atoms. The van der Waals surface area contributed by atoms with Crippen molar-refractivity contribution in [2.45, 2.75) is 25.4 Å². The van der Waals surface area contributed by atoms with E-state index >= 15 is 0 Å². The minimum absolute atomic E-state index is 0.106. The predicted molar refractivity (Wildman–Crippen MR) is 76.2 cm³/mol. The molecular weight excluding hydrogens is 260 g/mol. The van der Waals surface area contributed by atoms with Crippen molar-refractivity contribution in [2.75, 3.05) is 0 Å². The third kappa shape index (κ3) is 2.36.